The summed E-state index contributed by atoms with van der Waals surface area (Å²) in [7, 11) is 0. The largest absolute Gasteiger partial charge is 0.370 e. The first-order chi connectivity index (χ1) is 14.1. The van der Waals surface area contributed by atoms with E-state index in [4.69, 9.17) is 4.74 Å². The third-order valence-electron chi connectivity index (χ3n) is 6.56. The molecule has 2 aliphatic rings. The lowest BCUT2D eigenvalue weighted by Gasteiger charge is -2.49. The zero-order chi connectivity index (χ0) is 20.2. The summed E-state index contributed by atoms with van der Waals surface area (Å²) in [5, 5.41) is 0. The topological polar surface area (TPSA) is 12.5 Å². The molecule has 0 bridgehead atoms. The molecular formula is C26H34FNO. The van der Waals surface area contributed by atoms with Crippen molar-refractivity contribution in [1.29, 1.82) is 0 Å². The van der Waals surface area contributed by atoms with Crippen LogP contribution in [0.25, 0.3) is 0 Å². The Balaban J connectivity index is 1.61. The Morgan fingerprint density at radius 1 is 1.03 bits per heavy atom. The number of fused-ring (bicyclic) bond motifs is 1. The van der Waals surface area contributed by atoms with E-state index in [2.05, 4.69) is 55.1 Å². The molecule has 1 saturated carbocycles. The highest BCUT2D eigenvalue weighted by Crippen LogP contribution is 2.43. The minimum Gasteiger partial charge on any atom is -0.370 e. The second kappa shape index (κ2) is 9.40. The van der Waals surface area contributed by atoms with Crippen LogP contribution in [0.4, 0.5) is 4.39 Å². The normalized spacial score (nSPS) is 27.2. The Bertz CT molecular complexity index is 777. The van der Waals surface area contributed by atoms with Gasteiger partial charge in [-0.25, -0.2) is 4.39 Å². The molecule has 2 nitrogen and oxygen atoms in total. The summed E-state index contributed by atoms with van der Waals surface area (Å²) < 4.78 is 20.5. The van der Waals surface area contributed by atoms with Crippen LogP contribution in [0, 0.1) is 17.7 Å². The summed E-state index contributed by atoms with van der Waals surface area (Å²) in [6, 6.07) is 18.3. The molecule has 2 aromatic carbocycles. The van der Waals surface area contributed by atoms with Crippen LogP contribution in [-0.2, 0) is 11.3 Å². The third-order valence-corrected chi connectivity index (χ3v) is 6.56. The highest BCUT2D eigenvalue weighted by atomic mass is 19.1. The molecule has 1 aliphatic heterocycles. The van der Waals surface area contributed by atoms with E-state index in [1.807, 2.05) is 6.07 Å². The van der Waals surface area contributed by atoms with Gasteiger partial charge in [-0.3, -0.25) is 4.90 Å². The first-order valence-corrected chi connectivity index (χ1v) is 11.3. The van der Waals surface area contributed by atoms with Crippen molar-refractivity contribution in [3.8, 4) is 0 Å². The van der Waals surface area contributed by atoms with Crippen molar-refractivity contribution in [3.63, 3.8) is 0 Å². The van der Waals surface area contributed by atoms with Gasteiger partial charge in [-0.1, -0.05) is 69.2 Å². The van der Waals surface area contributed by atoms with Crippen LogP contribution in [0.2, 0.25) is 0 Å². The number of rotatable bonds is 6. The quantitative estimate of drug-likeness (QED) is 0.563. The van der Waals surface area contributed by atoms with Crippen LogP contribution in [-0.4, -0.2) is 23.6 Å². The minimum atomic E-state index is -0.142. The molecular weight excluding hydrogens is 361 g/mol. The second-order valence-electron chi connectivity index (χ2n) is 9.28. The molecule has 0 N–H and O–H groups in total. The van der Waals surface area contributed by atoms with E-state index in [0.29, 0.717) is 24.0 Å². The average Bonchev–Trinajstić information content (AvgIpc) is 2.73. The Labute approximate surface area is 175 Å². The van der Waals surface area contributed by atoms with E-state index in [0.717, 1.165) is 25.1 Å². The summed E-state index contributed by atoms with van der Waals surface area (Å²) in [5.41, 5.74) is 2.36. The van der Waals surface area contributed by atoms with Crippen molar-refractivity contribution in [2.45, 2.75) is 70.7 Å². The number of hydrogen-bond donors (Lipinski definition) is 0. The zero-order valence-electron chi connectivity index (χ0n) is 17.8. The molecule has 4 rings (SSSR count). The number of benzene rings is 2. The number of hydrogen-bond acceptors (Lipinski definition) is 2. The standard InChI is InChI=1S/C26H34FNO/c1-19(2)17-28(18-20-9-8-12-22(27)15-20)24-16-26(21-10-4-3-5-11-21)29-25-14-7-6-13-23(24)25/h3-5,8-12,15,19,23-26H,6-7,13-14,16-18H2,1-2H3/t23-,24+,25+,26+/m1/s1. The van der Waals surface area contributed by atoms with Crippen LogP contribution in [0.1, 0.15) is 63.2 Å². The number of nitrogens with zero attached hydrogens (tertiary/aromatic N) is 1. The van der Waals surface area contributed by atoms with Crippen LogP contribution in [0.15, 0.2) is 54.6 Å². The minimum absolute atomic E-state index is 0.142. The van der Waals surface area contributed by atoms with Crippen molar-refractivity contribution >= 4 is 0 Å². The average molecular weight is 396 g/mol. The van der Waals surface area contributed by atoms with E-state index in [1.54, 1.807) is 6.07 Å². The Morgan fingerprint density at radius 2 is 1.83 bits per heavy atom. The van der Waals surface area contributed by atoms with Crippen LogP contribution >= 0.6 is 0 Å². The zero-order valence-corrected chi connectivity index (χ0v) is 17.8. The third kappa shape index (κ3) is 5.07. The van der Waals surface area contributed by atoms with Gasteiger partial charge in [0.2, 0.25) is 0 Å². The maximum Gasteiger partial charge on any atom is 0.123 e. The monoisotopic (exact) mass is 395 g/mol. The Kier molecular flexibility index (Phi) is 6.67. The fourth-order valence-electron chi connectivity index (χ4n) is 5.35. The lowest BCUT2D eigenvalue weighted by Crippen LogP contribution is -2.52. The van der Waals surface area contributed by atoms with Gasteiger partial charge in [0.05, 0.1) is 12.2 Å². The molecule has 3 heteroatoms. The molecule has 0 radical (unpaired) electrons. The van der Waals surface area contributed by atoms with Crippen LogP contribution in [0.5, 0.6) is 0 Å². The summed E-state index contributed by atoms with van der Waals surface area (Å²) in [4.78, 5) is 2.63. The van der Waals surface area contributed by atoms with Crippen molar-refractivity contribution in [3.05, 3.63) is 71.5 Å². The van der Waals surface area contributed by atoms with Gasteiger partial charge in [-0.05, 0) is 48.4 Å². The molecule has 156 valence electrons. The number of ether oxygens (including phenoxy) is 1. The fourth-order valence-corrected chi connectivity index (χ4v) is 5.35. The van der Waals surface area contributed by atoms with Gasteiger partial charge in [-0.2, -0.15) is 0 Å². The van der Waals surface area contributed by atoms with Gasteiger partial charge in [0.25, 0.3) is 0 Å². The first-order valence-electron chi connectivity index (χ1n) is 11.3. The molecule has 1 heterocycles. The molecule has 2 aromatic rings. The molecule has 1 saturated heterocycles. The highest BCUT2D eigenvalue weighted by Gasteiger charge is 2.42. The van der Waals surface area contributed by atoms with E-state index >= 15 is 0 Å². The Hall–Kier alpha value is -1.71. The van der Waals surface area contributed by atoms with Gasteiger partial charge >= 0.3 is 0 Å². The molecule has 0 spiro atoms. The number of halogens is 1. The maximum absolute atomic E-state index is 13.8. The molecule has 0 unspecified atom stereocenters. The molecule has 29 heavy (non-hydrogen) atoms. The van der Waals surface area contributed by atoms with Gasteiger partial charge < -0.3 is 4.74 Å². The summed E-state index contributed by atoms with van der Waals surface area (Å²) >= 11 is 0. The van der Waals surface area contributed by atoms with Gasteiger partial charge in [0.15, 0.2) is 0 Å². The lowest BCUT2D eigenvalue weighted by atomic mass is 9.75. The summed E-state index contributed by atoms with van der Waals surface area (Å²) in [6.45, 7) is 6.41. The van der Waals surface area contributed by atoms with E-state index in [9.17, 15) is 4.39 Å². The van der Waals surface area contributed by atoms with Crippen molar-refractivity contribution in [2.24, 2.45) is 11.8 Å². The van der Waals surface area contributed by atoms with E-state index < -0.39 is 0 Å². The molecule has 0 amide bonds. The smallest absolute Gasteiger partial charge is 0.123 e. The highest BCUT2D eigenvalue weighted by molar-refractivity contribution is 5.20. The Morgan fingerprint density at radius 3 is 2.59 bits per heavy atom. The molecule has 0 aromatic heterocycles. The van der Waals surface area contributed by atoms with Crippen LogP contribution < -0.4 is 0 Å². The summed E-state index contributed by atoms with van der Waals surface area (Å²) in [6.07, 6.45) is 6.50. The molecule has 2 fully saturated rings. The van der Waals surface area contributed by atoms with E-state index in [1.165, 1.54) is 37.3 Å². The van der Waals surface area contributed by atoms with Gasteiger partial charge in [-0.15, -0.1) is 0 Å². The summed E-state index contributed by atoms with van der Waals surface area (Å²) in [5.74, 6) is 1.01. The van der Waals surface area contributed by atoms with Crippen LogP contribution in [0.3, 0.4) is 0 Å². The SMILES string of the molecule is CC(C)CN(Cc1cccc(F)c1)[C@H]1C[C@@H](c2ccccc2)O[C@H]2CCCC[C@@H]21. The van der Waals surface area contributed by atoms with Gasteiger partial charge in [0.1, 0.15) is 5.82 Å². The van der Waals surface area contributed by atoms with Crippen molar-refractivity contribution in [1.82, 2.24) is 4.90 Å². The fraction of sp³-hybridized carbons (Fsp3) is 0.538. The van der Waals surface area contributed by atoms with Crippen molar-refractivity contribution < 1.29 is 9.13 Å². The molecule has 1 aliphatic carbocycles. The second-order valence-corrected chi connectivity index (χ2v) is 9.28. The van der Waals surface area contributed by atoms with Crippen molar-refractivity contribution in [2.75, 3.05) is 6.54 Å². The maximum atomic E-state index is 13.8. The lowest BCUT2D eigenvalue weighted by molar-refractivity contribution is -0.139. The predicted molar refractivity (Wildman–Crippen MR) is 116 cm³/mol. The first kappa shape index (κ1) is 20.6. The predicted octanol–water partition coefficient (Wildman–Crippen LogP) is 6.37. The van der Waals surface area contributed by atoms with E-state index in [-0.39, 0.29) is 11.9 Å². The molecule has 4 atom stereocenters. The van der Waals surface area contributed by atoms with Gasteiger partial charge in [0, 0.05) is 25.0 Å².